The summed E-state index contributed by atoms with van der Waals surface area (Å²) in [5, 5.41) is 0. The van der Waals surface area contributed by atoms with Gasteiger partial charge in [0.25, 0.3) is 0 Å². The number of hydrogen-bond donors (Lipinski definition) is 1. The van der Waals surface area contributed by atoms with Crippen molar-refractivity contribution in [3.63, 3.8) is 0 Å². The summed E-state index contributed by atoms with van der Waals surface area (Å²) < 4.78 is 4.76. The van der Waals surface area contributed by atoms with Gasteiger partial charge in [-0.25, -0.2) is 0 Å². The first-order chi connectivity index (χ1) is 3.84. The molecule has 1 aliphatic rings. The van der Waals surface area contributed by atoms with Gasteiger partial charge < -0.3 is 10.5 Å². The van der Waals surface area contributed by atoms with Crippen LogP contribution < -0.4 is 5.73 Å². The maximum absolute atomic E-state index is 10.5. The molecule has 44 valence electrons. The Morgan fingerprint density at radius 1 is 1.88 bits per heavy atom. The van der Waals surface area contributed by atoms with Crippen molar-refractivity contribution < 1.29 is 9.53 Å². The van der Waals surface area contributed by atoms with Crippen LogP contribution in [0.4, 0.5) is 0 Å². The summed E-state index contributed by atoms with van der Waals surface area (Å²) in [6.45, 7) is 0.270. The summed E-state index contributed by atoms with van der Waals surface area (Å²) in [5.74, 6) is -0.0347. The Morgan fingerprint density at radius 3 is 2.88 bits per heavy atom. The molecule has 1 heterocycles. The Kier molecular flexibility index (Phi) is 1.30. The van der Waals surface area contributed by atoms with Gasteiger partial charge in [-0.05, 0) is 0 Å². The van der Waals surface area contributed by atoms with Crippen molar-refractivity contribution in [1.29, 1.82) is 0 Å². The van der Waals surface area contributed by atoms with Crippen molar-refractivity contribution in [1.82, 2.24) is 0 Å². The summed E-state index contributed by atoms with van der Waals surface area (Å²) >= 11 is 0. The fourth-order valence-electron chi connectivity index (χ4n) is 0.547. The quantitative estimate of drug-likeness (QED) is 0.495. The molecule has 0 aromatic carbocycles. The Labute approximate surface area is 47.1 Å². The Hall–Kier alpha value is -0.830. The van der Waals surface area contributed by atoms with Crippen LogP contribution in [0, 0.1) is 0 Å². The first kappa shape index (κ1) is 5.31. The standard InChI is InChI=1S/C5H7NO2/c6-3-5-4(7)1-2-8-5/h1-2,5H,3,6H2. The molecule has 0 spiro atoms. The SMILES string of the molecule is NCC1OC=CC1=O. The highest BCUT2D eigenvalue weighted by Gasteiger charge is 2.18. The van der Waals surface area contributed by atoms with E-state index >= 15 is 0 Å². The third-order valence-electron chi connectivity index (χ3n) is 1.01. The zero-order chi connectivity index (χ0) is 5.98. The van der Waals surface area contributed by atoms with E-state index in [9.17, 15) is 4.79 Å². The molecule has 0 amide bonds. The van der Waals surface area contributed by atoms with Gasteiger partial charge >= 0.3 is 0 Å². The predicted octanol–water partition coefficient (Wildman–Crippen LogP) is -0.573. The summed E-state index contributed by atoms with van der Waals surface area (Å²) in [6.07, 6.45) is 2.35. The molecule has 0 aromatic rings. The van der Waals surface area contributed by atoms with Crippen LogP contribution in [0.5, 0.6) is 0 Å². The first-order valence-electron chi connectivity index (χ1n) is 2.40. The lowest BCUT2D eigenvalue weighted by atomic mass is 10.2. The molecule has 1 aliphatic heterocycles. The normalized spacial score (nSPS) is 26.1. The maximum atomic E-state index is 10.5. The second-order valence-corrected chi connectivity index (χ2v) is 1.57. The molecular weight excluding hydrogens is 106 g/mol. The van der Waals surface area contributed by atoms with Gasteiger partial charge in [0.05, 0.1) is 6.26 Å². The molecular formula is C5H7NO2. The summed E-state index contributed by atoms with van der Waals surface area (Å²) in [4.78, 5) is 10.5. The molecule has 2 N–H and O–H groups in total. The molecule has 3 nitrogen and oxygen atoms in total. The van der Waals surface area contributed by atoms with Crippen molar-refractivity contribution in [2.24, 2.45) is 5.73 Å². The smallest absolute Gasteiger partial charge is 0.200 e. The molecule has 0 saturated heterocycles. The molecule has 0 aliphatic carbocycles. The monoisotopic (exact) mass is 113 g/mol. The van der Waals surface area contributed by atoms with E-state index in [1.807, 2.05) is 0 Å². The third kappa shape index (κ3) is 0.721. The van der Waals surface area contributed by atoms with Gasteiger partial charge in [0.1, 0.15) is 0 Å². The van der Waals surface area contributed by atoms with Gasteiger partial charge in [-0.1, -0.05) is 0 Å². The number of carbonyl (C=O) groups excluding carboxylic acids is 1. The number of hydrogen-bond acceptors (Lipinski definition) is 3. The zero-order valence-electron chi connectivity index (χ0n) is 4.33. The molecule has 8 heavy (non-hydrogen) atoms. The van der Waals surface area contributed by atoms with Crippen LogP contribution in [-0.2, 0) is 9.53 Å². The highest BCUT2D eigenvalue weighted by atomic mass is 16.5. The number of ether oxygens (including phenoxy) is 1. The molecule has 0 radical (unpaired) electrons. The Balaban J connectivity index is 2.51. The van der Waals surface area contributed by atoms with Gasteiger partial charge in [-0.2, -0.15) is 0 Å². The van der Waals surface area contributed by atoms with Gasteiger partial charge in [0.2, 0.25) is 0 Å². The van der Waals surface area contributed by atoms with E-state index in [1.165, 1.54) is 12.3 Å². The summed E-state index contributed by atoms with van der Waals surface area (Å²) in [7, 11) is 0. The van der Waals surface area contributed by atoms with E-state index in [4.69, 9.17) is 10.5 Å². The zero-order valence-corrected chi connectivity index (χ0v) is 4.33. The molecule has 0 bridgehead atoms. The van der Waals surface area contributed by atoms with Crippen LogP contribution in [-0.4, -0.2) is 18.4 Å². The highest BCUT2D eigenvalue weighted by molar-refractivity contribution is 5.95. The number of ketones is 1. The van der Waals surface area contributed by atoms with Crippen molar-refractivity contribution in [3.8, 4) is 0 Å². The van der Waals surface area contributed by atoms with Gasteiger partial charge in [0, 0.05) is 12.6 Å². The lowest BCUT2D eigenvalue weighted by molar-refractivity contribution is -0.119. The van der Waals surface area contributed by atoms with E-state index in [2.05, 4.69) is 0 Å². The number of nitrogens with two attached hydrogens (primary N) is 1. The molecule has 1 unspecified atom stereocenters. The molecule has 1 rings (SSSR count). The minimum atomic E-state index is -0.407. The predicted molar refractivity (Wildman–Crippen MR) is 28.1 cm³/mol. The molecule has 3 heteroatoms. The Morgan fingerprint density at radius 2 is 2.62 bits per heavy atom. The lowest BCUT2D eigenvalue weighted by Crippen LogP contribution is -2.25. The van der Waals surface area contributed by atoms with Crippen LogP contribution in [0.2, 0.25) is 0 Å². The van der Waals surface area contributed by atoms with E-state index in [-0.39, 0.29) is 12.3 Å². The van der Waals surface area contributed by atoms with E-state index < -0.39 is 6.10 Å². The van der Waals surface area contributed by atoms with Crippen LogP contribution >= 0.6 is 0 Å². The fourth-order valence-corrected chi connectivity index (χ4v) is 0.547. The number of rotatable bonds is 1. The molecule has 0 saturated carbocycles. The van der Waals surface area contributed by atoms with E-state index in [1.54, 1.807) is 0 Å². The number of carbonyl (C=O) groups is 1. The summed E-state index contributed by atoms with van der Waals surface area (Å²) in [5.41, 5.74) is 5.14. The second-order valence-electron chi connectivity index (χ2n) is 1.57. The minimum Gasteiger partial charge on any atom is -0.488 e. The molecule has 0 fully saturated rings. The van der Waals surface area contributed by atoms with Crippen LogP contribution in [0.1, 0.15) is 0 Å². The minimum absolute atomic E-state index is 0.0347. The largest absolute Gasteiger partial charge is 0.488 e. The van der Waals surface area contributed by atoms with Crippen molar-refractivity contribution in [2.45, 2.75) is 6.10 Å². The van der Waals surface area contributed by atoms with Crippen molar-refractivity contribution in [2.75, 3.05) is 6.54 Å². The summed E-state index contributed by atoms with van der Waals surface area (Å²) in [6, 6.07) is 0. The van der Waals surface area contributed by atoms with E-state index in [0.29, 0.717) is 0 Å². The van der Waals surface area contributed by atoms with Gasteiger partial charge in [-0.15, -0.1) is 0 Å². The van der Waals surface area contributed by atoms with Gasteiger partial charge in [0.15, 0.2) is 11.9 Å². The third-order valence-corrected chi connectivity index (χ3v) is 1.01. The van der Waals surface area contributed by atoms with E-state index in [0.717, 1.165) is 0 Å². The molecule has 0 aromatic heterocycles. The Bertz CT molecular complexity index is 130. The average molecular weight is 113 g/mol. The van der Waals surface area contributed by atoms with Crippen LogP contribution in [0.3, 0.4) is 0 Å². The average Bonchev–Trinajstić information content (AvgIpc) is 2.14. The topological polar surface area (TPSA) is 52.3 Å². The van der Waals surface area contributed by atoms with Crippen molar-refractivity contribution in [3.05, 3.63) is 12.3 Å². The van der Waals surface area contributed by atoms with Crippen LogP contribution in [0.15, 0.2) is 12.3 Å². The van der Waals surface area contributed by atoms with Gasteiger partial charge in [-0.3, -0.25) is 4.79 Å². The molecule has 1 atom stereocenters. The maximum Gasteiger partial charge on any atom is 0.200 e. The first-order valence-corrected chi connectivity index (χ1v) is 2.40. The van der Waals surface area contributed by atoms with Crippen LogP contribution in [0.25, 0.3) is 0 Å². The fraction of sp³-hybridized carbons (Fsp3) is 0.400. The lowest BCUT2D eigenvalue weighted by Gasteiger charge is -2.01. The highest BCUT2D eigenvalue weighted by Crippen LogP contribution is 2.01. The van der Waals surface area contributed by atoms with Crippen molar-refractivity contribution >= 4 is 5.78 Å². The second kappa shape index (κ2) is 1.96.